The molecule has 1 unspecified atom stereocenters. The lowest BCUT2D eigenvalue weighted by atomic mass is 9.75. The number of hydrogen-bond acceptors (Lipinski definition) is 4. The van der Waals surface area contributed by atoms with E-state index in [9.17, 15) is 4.79 Å². The molecule has 1 aromatic carbocycles. The first-order valence-electron chi connectivity index (χ1n) is 10.6. The van der Waals surface area contributed by atoms with Gasteiger partial charge in [0.25, 0.3) is 0 Å². The van der Waals surface area contributed by atoms with Crippen molar-refractivity contribution in [3.05, 3.63) is 35.9 Å². The van der Waals surface area contributed by atoms with Crippen LogP contribution in [0.25, 0.3) is 0 Å². The molecule has 0 aromatic heterocycles. The van der Waals surface area contributed by atoms with Crippen molar-refractivity contribution in [2.75, 3.05) is 7.05 Å². The van der Waals surface area contributed by atoms with Crippen molar-refractivity contribution < 1.29 is 14.1 Å². The maximum Gasteiger partial charge on any atom is 0.481 e. The summed E-state index contributed by atoms with van der Waals surface area (Å²) in [5.41, 5.74) is 0.484. The molecule has 1 aromatic rings. The highest BCUT2D eigenvalue weighted by molar-refractivity contribution is 6.48. The maximum absolute atomic E-state index is 12.8. The van der Waals surface area contributed by atoms with Crippen LogP contribution in [-0.2, 0) is 20.5 Å². The first-order chi connectivity index (χ1) is 13.2. The molecule has 1 aliphatic rings. The fourth-order valence-corrected chi connectivity index (χ4v) is 3.48. The molecule has 0 spiro atoms. The van der Waals surface area contributed by atoms with E-state index in [0.717, 1.165) is 32.1 Å². The molecular formula is C22H38BClN2O3. The number of nitrogens with one attached hydrogen (secondary N) is 2. The molecular weight excluding hydrogens is 387 g/mol. The summed E-state index contributed by atoms with van der Waals surface area (Å²) in [6.45, 7) is 10.3. The van der Waals surface area contributed by atoms with Crippen molar-refractivity contribution in [1.82, 2.24) is 10.6 Å². The minimum atomic E-state index is -0.441. The van der Waals surface area contributed by atoms with Crippen LogP contribution in [0.1, 0.15) is 65.9 Å². The van der Waals surface area contributed by atoms with Crippen molar-refractivity contribution in [3.8, 4) is 0 Å². The first-order valence-corrected chi connectivity index (χ1v) is 10.6. The Balaban J connectivity index is 0.00000420. The van der Waals surface area contributed by atoms with Crippen molar-refractivity contribution in [1.29, 1.82) is 0 Å². The van der Waals surface area contributed by atoms with Gasteiger partial charge >= 0.3 is 7.12 Å². The zero-order valence-corrected chi connectivity index (χ0v) is 19.6. The largest absolute Gasteiger partial charge is 0.481 e. The normalized spacial score (nSPS) is 19.3. The standard InChI is InChI=1S/C22H37BN2O3.ClH/c1-7-12-18(24-6)20(26)25-19(16-11-15-17-13-9-8-10-14-17)23-27-21(2,3)22(4,5)28-23;/h8-10,13-14,18-19,24H,7,11-12,15-16H2,1-6H3,(H,25,26);1H/t18?,19-;/m0./s1. The minimum Gasteiger partial charge on any atom is -0.402 e. The summed E-state index contributed by atoms with van der Waals surface area (Å²) >= 11 is 0. The fraction of sp³-hybridized carbons (Fsp3) is 0.682. The summed E-state index contributed by atoms with van der Waals surface area (Å²) in [5, 5.41) is 6.32. The van der Waals surface area contributed by atoms with Gasteiger partial charge in [0.2, 0.25) is 5.91 Å². The molecule has 1 heterocycles. The van der Waals surface area contributed by atoms with Crippen molar-refractivity contribution in [2.24, 2.45) is 0 Å². The summed E-state index contributed by atoms with van der Waals surface area (Å²) in [4.78, 5) is 12.8. The molecule has 0 aliphatic carbocycles. The number of halogens is 1. The third kappa shape index (κ3) is 6.99. The number of benzene rings is 1. The van der Waals surface area contributed by atoms with Gasteiger partial charge in [-0.05, 0) is 66.0 Å². The fourth-order valence-electron chi connectivity index (χ4n) is 3.48. The van der Waals surface area contributed by atoms with Gasteiger partial charge in [-0.25, -0.2) is 0 Å². The van der Waals surface area contributed by atoms with E-state index in [1.807, 2.05) is 40.8 Å². The Labute approximate surface area is 183 Å². The highest BCUT2D eigenvalue weighted by atomic mass is 35.5. The van der Waals surface area contributed by atoms with Crippen molar-refractivity contribution in [2.45, 2.75) is 89.9 Å². The van der Waals surface area contributed by atoms with Crippen molar-refractivity contribution >= 4 is 25.4 Å². The van der Waals surface area contributed by atoms with Gasteiger partial charge in [0.05, 0.1) is 23.2 Å². The molecule has 2 atom stereocenters. The molecule has 1 aliphatic heterocycles. The van der Waals surface area contributed by atoms with Crippen LogP contribution >= 0.6 is 12.4 Å². The smallest absolute Gasteiger partial charge is 0.402 e. The van der Waals surface area contributed by atoms with Gasteiger partial charge in [-0.15, -0.1) is 12.4 Å². The zero-order chi connectivity index (χ0) is 20.8. The Bertz CT molecular complexity index is 612. The van der Waals surface area contributed by atoms with E-state index in [0.29, 0.717) is 0 Å². The molecule has 0 saturated carbocycles. The van der Waals surface area contributed by atoms with E-state index >= 15 is 0 Å². The van der Waals surface area contributed by atoms with E-state index in [1.54, 1.807) is 0 Å². The van der Waals surface area contributed by atoms with Crippen LogP contribution in [0.3, 0.4) is 0 Å². The maximum atomic E-state index is 12.8. The Kier molecular flexibility index (Phi) is 10.2. The quantitative estimate of drug-likeness (QED) is 0.559. The van der Waals surface area contributed by atoms with E-state index in [1.165, 1.54) is 5.56 Å². The van der Waals surface area contributed by atoms with E-state index in [2.05, 4.69) is 41.8 Å². The third-order valence-electron chi connectivity index (χ3n) is 5.99. The number of amides is 1. The molecule has 1 fully saturated rings. The molecule has 1 saturated heterocycles. The highest BCUT2D eigenvalue weighted by Crippen LogP contribution is 2.38. The predicted molar refractivity (Wildman–Crippen MR) is 122 cm³/mol. The number of rotatable bonds is 10. The van der Waals surface area contributed by atoms with Crippen LogP contribution in [0.2, 0.25) is 0 Å². The molecule has 2 N–H and O–H groups in total. The molecule has 1 amide bonds. The van der Waals surface area contributed by atoms with E-state index in [-0.39, 0.29) is 30.3 Å². The summed E-state index contributed by atoms with van der Waals surface area (Å²) in [6, 6.07) is 10.2. The van der Waals surface area contributed by atoms with Crippen LogP contribution in [0.5, 0.6) is 0 Å². The Morgan fingerprint density at radius 2 is 1.66 bits per heavy atom. The summed E-state index contributed by atoms with van der Waals surface area (Å²) < 4.78 is 12.5. The van der Waals surface area contributed by atoms with Crippen LogP contribution in [-0.4, -0.2) is 43.3 Å². The Morgan fingerprint density at radius 1 is 1.07 bits per heavy atom. The molecule has 0 radical (unpaired) electrons. The monoisotopic (exact) mass is 424 g/mol. The average Bonchev–Trinajstić information content (AvgIpc) is 2.87. The third-order valence-corrected chi connectivity index (χ3v) is 5.99. The Hall–Kier alpha value is -1.08. The second kappa shape index (κ2) is 11.4. The minimum absolute atomic E-state index is 0. The predicted octanol–water partition coefficient (Wildman–Crippen LogP) is 3.94. The molecule has 164 valence electrons. The van der Waals surface area contributed by atoms with Crippen LogP contribution in [0.4, 0.5) is 0 Å². The molecule has 29 heavy (non-hydrogen) atoms. The molecule has 5 nitrogen and oxygen atoms in total. The number of likely N-dealkylation sites (N-methyl/N-ethyl adjacent to an activating group) is 1. The zero-order valence-electron chi connectivity index (χ0n) is 18.8. The summed E-state index contributed by atoms with van der Waals surface area (Å²) in [7, 11) is 1.39. The lowest BCUT2D eigenvalue weighted by Gasteiger charge is -2.32. The van der Waals surface area contributed by atoms with Crippen LogP contribution in [0, 0.1) is 0 Å². The molecule has 0 bridgehead atoms. The van der Waals surface area contributed by atoms with Crippen molar-refractivity contribution in [3.63, 3.8) is 0 Å². The van der Waals surface area contributed by atoms with E-state index < -0.39 is 18.3 Å². The molecule has 7 heteroatoms. The lowest BCUT2D eigenvalue weighted by Crippen LogP contribution is -2.53. The number of carbonyl (C=O) groups is 1. The highest BCUT2D eigenvalue weighted by Gasteiger charge is 2.54. The van der Waals surface area contributed by atoms with Gasteiger partial charge < -0.3 is 19.9 Å². The second-order valence-corrected chi connectivity index (χ2v) is 8.75. The van der Waals surface area contributed by atoms with Crippen LogP contribution in [0.15, 0.2) is 30.3 Å². The average molecular weight is 425 g/mol. The number of aryl methyl sites for hydroxylation is 1. The van der Waals surface area contributed by atoms with Gasteiger partial charge in [-0.3, -0.25) is 4.79 Å². The topological polar surface area (TPSA) is 59.6 Å². The van der Waals surface area contributed by atoms with Gasteiger partial charge in [0, 0.05) is 0 Å². The summed E-state index contributed by atoms with van der Waals surface area (Å²) in [6.07, 6.45) is 4.49. The van der Waals surface area contributed by atoms with Crippen LogP contribution < -0.4 is 10.6 Å². The van der Waals surface area contributed by atoms with E-state index in [4.69, 9.17) is 9.31 Å². The first kappa shape index (κ1) is 26.0. The number of carbonyl (C=O) groups excluding carboxylic acids is 1. The lowest BCUT2D eigenvalue weighted by molar-refractivity contribution is -0.123. The second-order valence-electron chi connectivity index (χ2n) is 8.75. The summed E-state index contributed by atoms with van der Waals surface area (Å²) in [5.74, 6) is -0.159. The van der Waals surface area contributed by atoms with Gasteiger partial charge in [0.15, 0.2) is 0 Å². The van der Waals surface area contributed by atoms with Gasteiger partial charge in [-0.2, -0.15) is 0 Å². The Morgan fingerprint density at radius 3 is 2.17 bits per heavy atom. The molecule has 2 rings (SSSR count). The number of hydrogen-bond donors (Lipinski definition) is 2. The van der Waals surface area contributed by atoms with Gasteiger partial charge in [0.1, 0.15) is 0 Å². The van der Waals surface area contributed by atoms with Gasteiger partial charge in [-0.1, -0.05) is 43.7 Å². The SMILES string of the molecule is CCCC(NC)C(=O)N[C@@H](CCCc1ccccc1)B1OC(C)(C)C(C)(C)O1.Cl.